The first-order valence-corrected chi connectivity index (χ1v) is 9.67. The van der Waals surface area contributed by atoms with Crippen molar-refractivity contribution in [1.82, 2.24) is 0 Å². The molecular formula is C21H16Br2N2O2. The lowest BCUT2D eigenvalue weighted by molar-refractivity contribution is 0.474. The number of aromatic hydroxyl groups is 2. The van der Waals surface area contributed by atoms with Crippen LogP contribution < -0.4 is 0 Å². The molecule has 0 saturated heterocycles. The molecule has 4 nitrogen and oxygen atoms in total. The highest BCUT2D eigenvalue weighted by atomic mass is 79.9. The maximum Gasteiger partial charge on any atom is 0.124 e. The van der Waals surface area contributed by atoms with Gasteiger partial charge in [-0.3, -0.25) is 9.98 Å². The monoisotopic (exact) mass is 486 g/mol. The molecule has 2 N–H and O–H groups in total. The molecule has 3 rings (SSSR count). The van der Waals surface area contributed by atoms with E-state index in [1.807, 2.05) is 25.1 Å². The van der Waals surface area contributed by atoms with Gasteiger partial charge in [-0.25, -0.2) is 0 Å². The van der Waals surface area contributed by atoms with E-state index in [9.17, 15) is 10.2 Å². The van der Waals surface area contributed by atoms with Gasteiger partial charge in [-0.05, 0) is 61.0 Å². The molecule has 0 amide bonds. The zero-order chi connectivity index (χ0) is 19.4. The normalized spacial score (nSPS) is 11.5. The van der Waals surface area contributed by atoms with Gasteiger partial charge in [0.25, 0.3) is 0 Å². The zero-order valence-corrected chi connectivity index (χ0v) is 17.6. The molecule has 3 aromatic carbocycles. The number of rotatable bonds is 4. The van der Waals surface area contributed by atoms with Crippen molar-refractivity contribution >= 4 is 55.7 Å². The molecule has 0 fully saturated rings. The molecule has 0 radical (unpaired) electrons. The molecule has 0 unspecified atom stereocenters. The summed E-state index contributed by atoms with van der Waals surface area (Å²) < 4.78 is 1.73. The Hall–Kier alpha value is -2.44. The Morgan fingerprint density at radius 2 is 1.30 bits per heavy atom. The molecule has 0 saturated carbocycles. The van der Waals surface area contributed by atoms with E-state index in [0.29, 0.717) is 16.8 Å². The third-order valence-electron chi connectivity index (χ3n) is 3.87. The molecule has 0 aromatic heterocycles. The number of nitrogens with zero attached hydrogens (tertiary/aromatic N) is 2. The van der Waals surface area contributed by atoms with Gasteiger partial charge in [0, 0.05) is 32.5 Å². The summed E-state index contributed by atoms with van der Waals surface area (Å²) in [6.07, 6.45) is 3.23. The fourth-order valence-corrected chi connectivity index (χ4v) is 3.12. The van der Waals surface area contributed by atoms with E-state index >= 15 is 0 Å². The lowest BCUT2D eigenvalue weighted by Gasteiger charge is -2.04. The van der Waals surface area contributed by atoms with Crippen molar-refractivity contribution in [3.8, 4) is 11.5 Å². The minimum Gasteiger partial charge on any atom is -0.507 e. The average molecular weight is 488 g/mol. The second-order valence-corrected chi connectivity index (χ2v) is 7.72. The van der Waals surface area contributed by atoms with Gasteiger partial charge < -0.3 is 10.2 Å². The van der Waals surface area contributed by atoms with Crippen molar-refractivity contribution in [2.24, 2.45) is 9.98 Å². The molecular weight excluding hydrogens is 472 g/mol. The van der Waals surface area contributed by atoms with Gasteiger partial charge in [0.1, 0.15) is 11.5 Å². The number of aliphatic imine (C=N–C) groups is 2. The summed E-state index contributed by atoms with van der Waals surface area (Å²) in [6, 6.07) is 16.0. The summed E-state index contributed by atoms with van der Waals surface area (Å²) in [5.74, 6) is 0.330. The summed E-state index contributed by atoms with van der Waals surface area (Å²) >= 11 is 6.77. The van der Waals surface area contributed by atoms with Crippen molar-refractivity contribution in [2.45, 2.75) is 6.92 Å². The number of phenols is 2. The largest absolute Gasteiger partial charge is 0.507 e. The molecule has 6 heteroatoms. The van der Waals surface area contributed by atoms with E-state index in [0.717, 1.165) is 20.2 Å². The fraction of sp³-hybridized carbons (Fsp3) is 0.0476. The van der Waals surface area contributed by atoms with Crippen LogP contribution in [0, 0.1) is 6.92 Å². The average Bonchev–Trinajstić information content (AvgIpc) is 2.65. The zero-order valence-electron chi connectivity index (χ0n) is 14.4. The molecule has 0 spiro atoms. The van der Waals surface area contributed by atoms with Gasteiger partial charge in [0.2, 0.25) is 0 Å². The fourth-order valence-electron chi connectivity index (χ4n) is 2.36. The van der Waals surface area contributed by atoms with Crippen molar-refractivity contribution in [2.75, 3.05) is 0 Å². The van der Waals surface area contributed by atoms with Crippen LogP contribution in [0.3, 0.4) is 0 Å². The molecule has 0 aliphatic carbocycles. The molecule has 27 heavy (non-hydrogen) atoms. The van der Waals surface area contributed by atoms with E-state index in [2.05, 4.69) is 41.8 Å². The topological polar surface area (TPSA) is 65.2 Å². The first kappa shape index (κ1) is 19.3. The molecule has 0 aliphatic rings. The Morgan fingerprint density at radius 1 is 0.741 bits per heavy atom. The molecule has 0 heterocycles. The first-order chi connectivity index (χ1) is 12.9. The van der Waals surface area contributed by atoms with Gasteiger partial charge in [-0.2, -0.15) is 0 Å². The van der Waals surface area contributed by atoms with E-state index in [-0.39, 0.29) is 11.5 Å². The second kappa shape index (κ2) is 8.50. The van der Waals surface area contributed by atoms with Crippen LogP contribution in [-0.2, 0) is 0 Å². The van der Waals surface area contributed by atoms with Gasteiger partial charge in [0.05, 0.1) is 11.4 Å². The van der Waals surface area contributed by atoms with E-state index in [4.69, 9.17) is 0 Å². The third-order valence-corrected chi connectivity index (χ3v) is 4.85. The maximum absolute atomic E-state index is 9.93. The van der Waals surface area contributed by atoms with Gasteiger partial charge in [0.15, 0.2) is 0 Å². The van der Waals surface area contributed by atoms with Crippen LogP contribution in [0.5, 0.6) is 11.5 Å². The highest BCUT2D eigenvalue weighted by Crippen LogP contribution is 2.27. The quantitative estimate of drug-likeness (QED) is 0.416. The first-order valence-electron chi connectivity index (χ1n) is 8.08. The predicted molar refractivity (Wildman–Crippen MR) is 117 cm³/mol. The standard InChI is InChI=1S/C21H16Br2N2O2/c1-13-2-5-18(24-11-14-8-16(22)3-6-20(14)26)10-19(13)25-12-15-9-17(23)4-7-21(15)27/h2-12,26-27H,1H3. The van der Waals surface area contributed by atoms with Gasteiger partial charge in [-0.15, -0.1) is 0 Å². The third kappa shape index (κ3) is 5.05. The Morgan fingerprint density at radius 3 is 1.89 bits per heavy atom. The Balaban J connectivity index is 1.88. The lowest BCUT2D eigenvalue weighted by atomic mass is 10.1. The Kier molecular flexibility index (Phi) is 6.08. The smallest absolute Gasteiger partial charge is 0.124 e. The Bertz CT molecular complexity index is 1050. The van der Waals surface area contributed by atoms with Crippen LogP contribution in [-0.4, -0.2) is 22.6 Å². The SMILES string of the molecule is Cc1ccc(N=Cc2cc(Br)ccc2O)cc1N=Cc1cc(Br)ccc1O. The van der Waals surface area contributed by atoms with Gasteiger partial charge >= 0.3 is 0 Å². The molecule has 3 aromatic rings. The van der Waals surface area contributed by atoms with Crippen molar-refractivity contribution < 1.29 is 10.2 Å². The van der Waals surface area contributed by atoms with Crippen LogP contribution in [0.2, 0.25) is 0 Å². The van der Waals surface area contributed by atoms with Crippen molar-refractivity contribution in [3.63, 3.8) is 0 Å². The van der Waals surface area contributed by atoms with Crippen LogP contribution >= 0.6 is 31.9 Å². The molecule has 0 aliphatic heterocycles. The summed E-state index contributed by atoms with van der Waals surface area (Å²) in [4.78, 5) is 8.92. The highest BCUT2D eigenvalue weighted by molar-refractivity contribution is 9.10. The molecule has 0 bridgehead atoms. The summed E-state index contributed by atoms with van der Waals surface area (Å²) in [5.41, 5.74) is 3.70. The number of hydrogen-bond acceptors (Lipinski definition) is 4. The van der Waals surface area contributed by atoms with Crippen LogP contribution in [0.1, 0.15) is 16.7 Å². The Labute approximate surface area is 174 Å². The summed E-state index contributed by atoms with van der Waals surface area (Å²) in [5, 5.41) is 19.8. The number of halogens is 2. The number of phenolic OH excluding ortho intramolecular Hbond substituents is 2. The highest BCUT2D eigenvalue weighted by Gasteiger charge is 2.02. The minimum atomic E-state index is 0.164. The maximum atomic E-state index is 9.93. The second-order valence-electron chi connectivity index (χ2n) is 5.89. The number of benzene rings is 3. The number of aryl methyl sites for hydroxylation is 1. The summed E-state index contributed by atoms with van der Waals surface area (Å²) in [6.45, 7) is 1.96. The van der Waals surface area contributed by atoms with Crippen molar-refractivity contribution in [1.29, 1.82) is 0 Å². The van der Waals surface area contributed by atoms with Crippen LogP contribution in [0.25, 0.3) is 0 Å². The van der Waals surface area contributed by atoms with E-state index < -0.39 is 0 Å². The van der Waals surface area contributed by atoms with Crippen molar-refractivity contribution in [3.05, 3.63) is 80.2 Å². The van der Waals surface area contributed by atoms with E-state index in [1.54, 1.807) is 48.8 Å². The van der Waals surface area contributed by atoms with Crippen LogP contribution in [0.4, 0.5) is 11.4 Å². The van der Waals surface area contributed by atoms with Gasteiger partial charge in [-0.1, -0.05) is 37.9 Å². The predicted octanol–water partition coefficient (Wildman–Crippen LogP) is 6.43. The number of hydrogen-bond donors (Lipinski definition) is 2. The molecule has 0 atom stereocenters. The summed E-state index contributed by atoms with van der Waals surface area (Å²) in [7, 11) is 0. The lowest BCUT2D eigenvalue weighted by Crippen LogP contribution is -1.84. The van der Waals surface area contributed by atoms with Crippen LogP contribution in [0.15, 0.2) is 73.5 Å². The molecule has 136 valence electrons. The minimum absolute atomic E-state index is 0.164. The van der Waals surface area contributed by atoms with E-state index in [1.165, 1.54) is 0 Å².